The Balaban J connectivity index is 1.52. The molecule has 4 rings (SSSR count). The van der Waals surface area contributed by atoms with Crippen molar-refractivity contribution in [3.8, 4) is 0 Å². The monoisotopic (exact) mass is 545 g/mol. The minimum absolute atomic E-state index is 0.131. The van der Waals surface area contributed by atoms with Crippen LogP contribution in [-0.2, 0) is 22.0 Å². The van der Waals surface area contributed by atoms with Crippen molar-refractivity contribution < 1.29 is 12.8 Å². The summed E-state index contributed by atoms with van der Waals surface area (Å²) in [5.41, 5.74) is 4.28. The number of hydrogen-bond acceptors (Lipinski definition) is 7. The van der Waals surface area contributed by atoms with Gasteiger partial charge >= 0.3 is 0 Å². The first-order chi connectivity index (χ1) is 17.4. The highest BCUT2D eigenvalue weighted by Gasteiger charge is 2.29. The molecule has 198 valence electrons. The van der Waals surface area contributed by atoms with Gasteiger partial charge in [-0.25, -0.2) is 22.8 Å². The van der Waals surface area contributed by atoms with Gasteiger partial charge in [0.05, 0.1) is 21.9 Å². The van der Waals surface area contributed by atoms with Crippen molar-refractivity contribution >= 4 is 38.8 Å². The summed E-state index contributed by atoms with van der Waals surface area (Å²) >= 11 is 6.34. The van der Waals surface area contributed by atoms with Crippen molar-refractivity contribution in [3.63, 3.8) is 0 Å². The first kappa shape index (κ1) is 27.3. The number of piperazine rings is 1. The van der Waals surface area contributed by atoms with Crippen molar-refractivity contribution in [1.82, 2.24) is 15.3 Å². The van der Waals surface area contributed by atoms with E-state index in [1.165, 1.54) is 6.07 Å². The SMILES string of the molecule is Cc1cnc(Nc2ccc(N3CCNCC3)c(F)c2)nc1Cc1ccc(Cl)c(CS(=O)(=O)C(C)(C)C)c1. The van der Waals surface area contributed by atoms with Gasteiger partial charge in [-0.05, 0) is 68.7 Å². The third-order valence-corrected chi connectivity index (χ3v) is 9.42. The molecule has 0 atom stereocenters. The Labute approximate surface area is 223 Å². The summed E-state index contributed by atoms with van der Waals surface area (Å²) in [4.78, 5) is 11.0. The van der Waals surface area contributed by atoms with E-state index in [4.69, 9.17) is 11.6 Å². The van der Waals surface area contributed by atoms with Gasteiger partial charge in [0.1, 0.15) is 5.82 Å². The maximum atomic E-state index is 14.8. The Morgan fingerprint density at radius 2 is 1.86 bits per heavy atom. The molecule has 1 aromatic heterocycles. The van der Waals surface area contributed by atoms with Crippen LogP contribution in [0.25, 0.3) is 0 Å². The summed E-state index contributed by atoms with van der Waals surface area (Å²) in [5, 5.41) is 6.79. The number of aryl methyl sites for hydroxylation is 1. The number of sulfone groups is 1. The van der Waals surface area contributed by atoms with E-state index in [1.807, 2.05) is 30.0 Å². The average molecular weight is 546 g/mol. The number of benzene rings is 2. The molecule has 1 aliphatic rings. The highest BCUT2D eigenvalue weighted by molar-refractivity contribution is 7.91. The Kier molecular flexibility index (Phi) is 8.06. The Bertz CT molecular complexity index is 1390. The van der Waals surface area contributed by atoms with Gasteiger partial charge in [-0.2, -0.15) is 0 Å². The Morgan fingerprint density at radius 3 is 2.54 bits per heavy atom. The van der Waals surface area contributed by atoms with Crippen LogP contribution in [0.1, 0.15) is 43.2 Å². The lowest BCUT2D eigenvalue weighted by Gasteiger charge is -2.29. The van der Waals surface area contributed by atoms with Crippen molar-refractivity contribution in [1.29, 1.82) is 0 Å². The molecule has 0 radical (unpaired) electrons. The smallest absolute Gasteiger partial charge is 0.227 e. The van der Waals surface area contributed by atoms with Gasteiger partial charge in [-0.3, -0.25) is 0 Å². The van der Waals surface area contributed by atoms with E-state index in [1.54, 1.807) is 39.1 Å². The number of hydrogen-bond donors (Lipinski definition) is 2. The van der Waals surface area contributed by atoms with Crippen LogP contribution in [0.15, 0.2) is 42.6 Å². The standard InChI is InChI=1S/C27H33ClFN5O2S/c1-18-16-31-26(32-21-6-8-25(23(29)15-21)34-11-9-30-10-12-34)33-24(18)14-19-5-7-22(28)20(13-19)17-37(35,36)27(2,3)4/h5-8,13,15-16,30H,9-12,14,17H2,1-4H3,(H,31,32,33). The van der Waals surface area contributed by atoms with Crippen LogP contribution in [0, 0.1) is 12.7 Å². The largest absolute Gasteiger partial charge is 0.367 e. The fourth-order valence-corrected chi connectivity index (χ4v) is 5.40. The lowest BCUT2D eigenvalue weighted by Crippen LogP contribution is -2.43. The molecular formula is C27H33ClFN5O2S. The molecule has 0 saturated carbocycles. The second kappa shape index (κ2) is 10.9. The van der Waals surface area contributed by atoms with E-state index in [0.717, 1.165) is 43.0 Å². The van der Waals surface area contributed by atoms with Crippen LogP contribution in [-0.4, -0.2) is 49.3 Å². The maximum absolute atomic E-state index is 14.8. The lowest BCUT2D eigenvalue weighted by molar-refractivity contribution is 0.559. The van der Waals surface area contributed by atoms with E-state index in [-0.39, 0.29) is 11.6 Å². The fourth-order valence-electron chi connectivity index (χ4n) is 4.06. The molecule has 1 aliphatic heterocycles. The van der Waals surface area contributed by atoms with E-state index in [0.29, 0.717) is 34.3 Å². The Hall–Kier alpha value is -2.75. The molecule has 0 bridgehead atoms. The van der Waals surface area contributed by atoms with Gasteiger partial charge in [0, 0.05) is 49.5 Å². The number of nitrogens with one attached hydrogen (secondary N) is 2. The molecule has 1 saturated heterocycles. The van der Waals surface area contributed by atoms with Gasteiger partial charge in [-0.1, -0.05) is 23.7 Å². The lowest BCUT2D eigenvalue weighted by atomic mass is 10.0. The number of anilines is 3. The van der Waals surface area contributed by atoms with Crippen LogP contribution < -0.4 is 15.5 Å². The molecule has 10 heteroatoms. The summed E-state index contributed by atoms with van der Waals surface area (Å²) in [6.45, 7) is 10.2. The van der Waals surface area contributed by atoms with Gasteiger partial charge in [0.2, 0.25) is 5.95 Å². The van der Waals surface area contributed by atoms with Crippen LogP contribution in [0.3, 0.4) is 0 Å². The van der Waals surface area contributed by atoms with Crippen LogP contribution in [0.4, 0.5) is 21.7 Å². The number of halogens is 2. The molecule has 0 aliphatic carbocycles. The zero-order chi connectivity index (χ0) is 26.8. The van der Waals surface area contributed by atoms with Crippen molar-refractivity contribution in [2.45, 2.75) is 44.6 Å². The third kappa shape index (κ3) is 6.58. The second-order valence-electron chi connectivity index (χ2n) is 10.3. The van der Waals surface area contributed by atoms with Crippen molar-refractivity contribution in [3.05, 3.63) is 75.8 Å². The van der Waals surface area contributed by atoms with E-state index in [2.05, 4.69) is 20.6 Å². The molecular weight excluding hydrogens is 513 g/mol. The van der Waals surface area contributed by atoms with Crippen LogP contribution >= 0.6 is 11.6 Å². The molecule has 37 heavy (non-hydrogen) atoms. The summed E-state index contributed by atoms with van der Waals surface area (Å²) in [5.74, 6) is -0.0635. The summed E-state index contributed by atoms with van der Waals surface area (Å²) in [6.07, 6.45) is 2.19. The van der Waals surface area contributed by atoms with Crippen molar-refractivity contribution in [2.75, 3.05) is 36.4 Å². The first-order valence-corrected chi connectivity index (χ1v) is 14.3. The maximum Gasteiger partial charge on any atom is 0.227 e. The quantitative estimate of drug-likeness (QED) is 0.430. The second-order valence-corrected chi connectivity index (χ2v) is 13.5. The van der Waals surface area contributed by atoms with Gasteiger partial charge in [0.25, 0.3) is 0 Å². The zero-order valence-electron chi connectivity index (χ0n) is 21.6. The Morgan fingerprint density at radius 1 is 1.14 bits per heavy atom. The first-order valence-electron chi connectivity index (χ1n) is 12.3. The van der Waals surface area contributed by atoms with Gasteiger partial charge in [-0.15, -0.1) is 0 Å². The highest BCUT2D eigenvalue weighted by Crippen LogP contribution is 2.28. The number of aromatic nitrogens is 2. The summed E-state index contributed by atoms with van der Waals surface area (Å²) < 4.78 is 39.4. The predicted octanol–water partition coefficient (Wildman–Crippen LogP) is 5.03. The van der Waals surface area contributed by atoms with E-state index >= 15 is 0 Å². The zero-order valence-corrected chi connectivity index (χ0v) is 23.2. The van der Waals surface area contributed by atoms with Crippen molar-refractivity contribution in [2.24, 2.45) is 0 Å². The minimum atomic E-state index is -3.38. The number of rotatable bonds is 7. The summed E-state index contributed by atoms with van der Waals surface area (Å²) in [6, 6.07) is 10.5. The average Bonchev–Trinajstić information content (AvgIpc) is 2.83. The molecule has 0 amide bonds. The molecule has 0 unspecified atom stereocenters. The normalized spacial score (nSPS) is 14.6. The fraction of sp³-hybridized carbons (Fsp3) is 0.407. The van der Waals surface area contributed by atoms with Gasteiger partial charge in [0.15, 0.2) is 9.84 Å². The van der Waals surface area contributed by atoms with E-state index in [9.17, 15) is 12.8 Å². The molecule has 2 heterocycles. The van der Waals surface area contributed by atoms with Crippen LogP contribution in [0.5, 0.6) is 0 Å². The van der Waals surface area contributed by atoms with E-state index < -0.39 is 14.6 Å². The highest BCUT2D eigenvalue weighted by atomic mass is 35.5. The molecule has 1 fully saturated rings. The molecule has 2 aromatic carbocycles. The molecule has 7 nitrogen and oxygen atoms in total. The number of nitrogens with zero attached hydrogens (tertiary/aromatic N) is 3. The molecule has 0 spiro atoms. The van der Waals surface area contributed by atoms with Gasteiger partial charge < -0.3 is 15.5 Å². The summed E-state index contributed by atoms with van der Waals surface area (Å²) in [7, 11) is -3.38. The van der Waals surface area contributed by atoms with Crippen LogP contribution in [0.2, 0.25) is 5.02 Å². The third-order valence-electron chi connectivity index (χ3n) is 6.50. The molecule has 3 aromatic rings. The predicted molar refractivity (Wildman–Crippen MR) is 148 cm³/mol. The topological polar surface area (TPSA) is 87.2 Å². The minimum Gasteiger partial charge on any atom is -0.367 e. The molecule has 2 N–H and O–H groups in total.